The maximum absolute atomic E-state index is 12.5. The monoisotopic (exact) mass is 478 g/mol. The molecule has 178 valence electrons. The number of alkyl halides is 2. The molecule has 1 aliphatic rings. The van der Waals surface area contributed by atoms with Gasteiger partial charge in [-0.05, 0) is 37.3 Å². The number of imidazole rings is 1. The molecule has 0 aromatic carbocycles. The van der Waals surface area contributed by atoms with E-state index in [1.165, 1.54) is 16.8 Å². The quantitative estimate of drug-likeness (QED) is 0.421. The molecular weight excluding hydrogens is 458 g/mol. The molecule has 0 unspecified atom stereocenters. The number of H-pyrrole nitrogens is 1. The van der Waals surface area contributed by atoms with Crippen molar-refractivity contribution >= 4 is 11.4 Å². The molecule has 6 rings (SSSR count). The van der Waals surface area contributed by atoms with E-state index in [4.69, 9.17) is 4.42 Å². The number of nitrogens with one attached hydrogen (secondary N) is 1. The van der Waals surface area contributed by atoms with Crippen LogP contribution in [0.1, 0.15) is 39.9 Å². The molecule has 10 nitrogen and oxygen atoms in total. The number of halogens is 2. The maximum atomic E-state index is 12.5. The van der Waals surface area contributed by atoms with E-state index in [9.17, 15) is 13.6 Å². The molecule has 12 heteroatoms. The Morgan fingerprint density at radius 2 is 2.00 bits per heavy atom. The van der Waals surface area contributed by atoms with Gasteiger partial charge in [-0.2, -0.15) is 5.10 Å². The second kappa shape index (κ2) is 9.41. The Morgan fingerprint density at radius 3 is 2.83 bits per heavy atom. The second-order valence-electron chi connectivity index (χ2n) is 7.77. The normalized spacial score (nSPS) is 13.0. The van der Waals surface area contributed by atoms with Crippen LogP contribution in [0.15, 0.2) is 59.5 Å². The van der Waals surface area contributed by atoms with Crippen molar-refractivity contribution in [3.8, 4) is 11.5 Å². The molecular formula is C23H20F2N8O2. The van der Waals surface area contributed by atoms with Gasteiger partial charge in [0.15, 0.2) is 0 Å². The number of carbonyl (C=O) groups excluding carboxylic acids is 1. The highest BCUT2D eigenvalue weighted by Gasteiger charge is 2.27. The molecule has 6 heterocycles. The fourth-order valence-electron chi connectivity index (χ4n) is 3.79. The third kappa shape index (κ3) is 4.50. The Kier molecular flexibility index (Phi) is 6.00. The van der Waals surface area contributed by atoms with Crippen LogP contribution in [-0.2, 0) is 13.0 Å². The molecule has 0 fully saturated rings. The van der Waals surface area contributed by atoms with Gasteiger partial charge in [0.25, 0.3) is 6.43 Å². The SMILES string of the molecule is Cc1ncccc1-c1nnc(C(=O)N2CCc3nc[nH]c3C2)o1.FC(F)c1cccc2ccnn12. The van der Waals surface area contributed by atoms with Crippen LogP contribution in [0.4, 0.5) is 8.78 Å². The van der Waals surface area contributed by atoms with Crippen molar-refractivity contribution in [3.05, 3.63) is 83.8 Å². The zero-order chi connectivity index (χ0) is 24.4. The summed E-state index contributed by atoms with van der Waals surface area (Å²) in [5.74, 6) is 0.0231. The van der Waals surface area contributed by atoms with E-state index < -0.39 is 6.43 Å². The summed E-state index contributed by atoms with van der Waals surface area (Å²) < 4.78 is 31.4. The zero-order valence-corrected chi connectivity index (χ0v) is 18.6. The summed E-state index contributed by atoms with van der Waals surface area (Å²) in [6, 6.07) is 10.0. The van der Waals surface area contributed by atoms with E-state index in [1.807, 2.05) is 13.0 Å². The lowest BCUT2D eigenvalue weighted by Crippen LogP contribution is -2.36. The number of aromatic amines is 1. The number of hydrogen-bond acceptors (Lipinski definition) is 7. The highest BCUT2D eigenvalue weighted by atomic mass is 19.3. The Balaban J connectivity index is 0.000000178. The average Bonchev–Trinajstić information content (AvgIpc) is 3.64. The molecule has 5 aromatic heterocycles. The fourth-order valence-corrected chi connectivity index (χ4v) is 3.79. The molecule has 0 saturated heterocycles. The standard InChI is InChI=1S/C15H14N6O2.C8H6F2N2/c1-9-10(3-2-5-16-9)13-19-20-14(23-13)15(22)21-6-4-11-12(7-21)18-8-17-11;9-8(10)7-3-1-2-6-4-5-11-12(6)7/h2-3,5,8H,4,6-7H2,1H3,(H,17,18);1-5,8H. The smallest absolute Gasteiger partial charge is 0.311 e. The first-order chi connectivity index (χ1) is 17.0. The van der Waals surface area contributed by atoms with Gasteiger partial charge >= 0.3 is 11.8 Å². The van der Waals surface area contributed by atoms with Gasteiger partial charge in [0.05, 0.1) is 35.3 Å². The Hall–Kier alpha value is -4.48. The lowest BCUT2D eigenvalue weighted by atomic mass is 10.1. The summed E-state index contributed by atoms with van der Waals surface area (Å²) in [6.45, 7) is 2.91. The van der Waals surface area contributed by atoms with Crippen LogP contribution < -0.4 is 0 Å². The van der Waals surface area contributed by atoms with Gasteiger partial charge in [0.2, 0.25) is 5.89 Å². The van der Waals surface area contributed by atoms with E-state index >= 15 is 0 Å². The average molecular weight is 478 g/mol. The summed E-state index contributed by atoms with van der Waals surface area (Å²) in [7, 11) is 0. The minimum atomic E-state index is -2.48. The molecule has 0 atom stereocenters. The molecule has 1 amide bonds. The molecule has 0 aliphatic carbocycles. The first kappa shape index (κ1) is 22.3. The number of aryl methyl sites for hydroxylation is 1. The number of nitrogens with zero attached hydrogens (tertiary/aromatic N) is 7. The summed E-state index contributed by atoms with van der Waals surface area (Å²) in [5.41, 5.74) is 4.08. The van der Waals surface area contributed by atoms with Crippen molar-refractivity contribution in [1.29, 1.82) is 0 Å². The summed E-state index contributed by atoms with van der Waals surface area (Å²) >= 11 is 0. The highest BCUT2D eigenvalue weighted by Crippen LogP contribution is 2.22. The summed E-state index contributed by atoms with van der Waals surface area (Å²) in [6.07, 6.45) is 3.08. The Labute approximate surface area is 197 Å². The molecule has 0 saturated carbocycles. The number of carbonyl (C=O) groups is 1. The van der Waals surface area contributed by atoms with Crippen LogP contribution in [0, 0.1) is 6.92 Å². The third-order valence-corrected chi connectivity index (χ3v) is 5.58. The van der Waals surface area contributed by atoms with Crippen LogP contribution in [0.25, 0.3) is 17.0 Å². The van der Waals surface area contributed by atoms with Crippen LogP contribution >= 0.6 is 0 Å². The van der Waals surface area contributed by atoms with Crippen molar-refractivity contribution in [1.82, 2.24) is 39.7 Å². The van der Waals surface area contributed by atoms with E-state index in [2.05, 4.69) is 30.2 Å². The van der Waals surface area contributed by atoms with Crippen molar-refractivity contribution < 1.29 is 18.0 Å². The molecule has 5 aromatic rings. The van der Waals surface area contributed by atoms with Gasteiger partial charge in [-0.15, -0.1) is 10.2 Å². The van der Waals surface area contributed by atoms with Crippen LogP contribution in [-0.4, -0.2) is 52.1 Å². The minimum absolute atomic E-state index is 0.00813. The van der Waals surface area contributed by atoms with Crippen molar-refractivity contribution in [3.63, 3.8) is 0 Å². The van der Waals surface area contributed by atoms with E-state index in [0.717, 1.165) is 22.6 Å². The van der Waals surface area contributed by atoms with Crippen molar-refractivity contribution in [2.75, 3.05) is 6.54 Å². The van der Waals surface area contributed by atoms with Gasteiger partial charge < -0.3 is 14.3 Å². The van der Waals surface area contributed by atoms with Gasteiger partial charge in [-0.25, -0.2) is 18.3 Å². The number of hydrogen-bond donors (Lipinski definition) is 1. The van der Waals surface area contributed by atoms with Gasteiger partial charge in [-0.1, -0.05) is 6.07 Å². The Morgan fingerprint density at radius 1 is 1.11 bits per heavy atom. The largest absolute Gasteiger partial charge is 0.412 e. The van der Waals surface area contributed by atoms with E-state index in [0.29, 0.717) is 30.9 Å². The number of amides is 1. The lowest BCUT2D eigenvalue weighted by Gasteiger charge is -2.24. The van der Waals surface area contributed by atoms with Crippen LogP contribution in [0.3, 0.4) is 0 Å². The molecule has 0 spiro atoms. The molecule has 0 radical (unpaired) electrons. The lowest BCUT2D eigenvalue weighted by molar-refractivity contribution is 0.0692. The molecule has 1 aliphatic heterocycles. The summed E-state index contributed by atoms with van der Waals surface area (Å²) in [4.78, 5) is 25.7. The first-order valence-electron chi connectivity index (χ1n) is 10.8. The topological polar surface area (TPSA) is 118 Å². The van der Waals surface area contributed by atoms with Gasteiger partial charge in [-0.3, -0.25) is 9.78 Å². The highest BCUT2D eigenvalue weighted by molar-refractivity contribution is 5.89. The number of aromatic nitrogens is 7. The van der Waals surface area contributed by atoms with Gasteiger partial charge in [0.1, 0.15) is 5.69 Å². The van der Waals surface area contributed by atoms with Gasteiger partial charge in [0, 0.05) is 31.1 Å². The number of rotatable bonds is 3. The van der Waals surface area contributed by atoms with Crippen molar-refractivity contribution in [2.45, 2.75) is 26.3 Å². The molecule has 1 N–H and O–H groups in total. The zero-order valence-electron chi connectivity index (χ0n) is 18.6. The number of fused-ring (bicyclic) bond motifs is 2. The predicted octanol–water partition coefficient (Wildman–Crippen LogP) is 3.63. The first-order valence-corrected chi connectivity index (χ1v) is 10.8. The molecule has 0 bridgehead atoms. The van der Waals surface area contributed by atoms with E-state index in [-0.39, 0.29) is 17.5 Å². The number of pyridine rings is 2. The fraction of sp³-hybridized carbons (Fsp3) is 0.217. The molecule has 35 heavy (non-hydrogen) atoms. The Bertz CT molecular complexity index is 1480. The van der Waals surface area contributed by atoms with Crippen molar-refractivity contribution in [2.24, 2.45) is 0 Å². The third-order valence-electron chi connectivity index (χ3n) is 5.58. The van der Waals surface area contributed by atoms with E-state index in [1.54, 1.807) is 41.7 Å². The second-order valence-corrected chi connectivity index (χ2v) is 7.77. The van der Waals surface area contributed by atoms with Crippen LogP contribution in [0.2, 0.25) is 0 Å². The van der Waals surface area contributed by atoms with Crippen LogP contribution in [0.5, 0.6) is 0 Å². The maximum Gasteiger partial charge on any atom is 0.311 e. The minimum Gasteiger partial charge on any atom is -0.412 e. The predicted molar refractivity (Wildman–Crippen MR) is 119 cm³/mol. The summed E-state index contributed by atoms with van der Waals surface area (Å²) in [5, 5.41) is 11.6.